The molecule has 0 aliphatic carbocycles. The summed E-state index contributed by atoms with van der Waals surface area (Å²) in [7, 11) is -9.92. The molecule has 0 aliphatic heterocycles. The van der Waals surface area contributed by atoms with Crippen molar-refractivity contribution < 1.29 is 28.7 Å². The molecule has 0 aliphatic rings. The van der Waals surface area contributed by atoms with E-state index in [0.29, 0.717) is 17.5 Å². The lowest BCUT2D eigenvalue weighted by Crippen LogP contribution is -2.14. The largest absolute Gasteiger partial charge is 0.341 e. The highest BCUT2D eigenvalue weighted by Crippen LogP contribution is 2.60. The highest BCUT2D eigenvalue weighted by atomic mass is 32.1. The predicted octanol–water partition coefficient (Wildman–Crippen LogP) is 2.34. The first kappa shape index (κ1) is 20.2. The fourth-order valence-corrected chi connectivity index (χ4v) is 6.20. The Labute approximate surface area is 158 Å². The van der Waals surface area contributed by atoms with E-state index in [1.165, 1.54) is 11.5 Å². The van der Waals surface area contributed by atoms with Crippen LogP contribution in [0.15, 0.2) is 53.3 Å². The van der Waals surface area contributed by atoms with Gasteiger partial charge >= 0.3 is 15.2 Å². The number of hydrogen-bond donors (Lipinski definition) is 4. The molecule has 1 aromatic heterocycles. The van der Waals surface area contributed by atoms with Crippen molar-refractivity contribution >= 4 is 36.8 Å². The van der Waals surface area contributed by atoms with Gasteiger partial charge in [-0.05, 0) is 29.7 Å². The molecule has 0 spiro atoms. The Morgan fingerprint density at radius 1 is 0.889 bits per heavy atom. The number of fused-ring (bicyclic) bond motifs is 1. The monoisotopic (exact) mass is 429 g/mol. The van der Waals surface area contributed by atoms with Crippen LogP contribution in [0.4, 0.5) is 0 Å². The zero-order valence-corrected chi connectivity index (χ0v) is 16.5. The van der Waals surface area contributed by atoms with Gasteiger partial charge in [0.05, 0.1) is 16.6 Å². The maximum Gasteiger partial charge on any atom is 0.341 e. The van der Waals surface area contributed by atoms with Crippen LogP contribution in [0, 0.1) is 0 Å². The molecule has 144 valence electrons. The van der Waals surface area contributed by atoms with Crippen molar-refractivity contribution in [2.45, 2.75) is 18.4 Å². The second-order valence-electron chi connectivity index (χ2n) is 6.11. The van der Waals surface area contributed by atoms with E-state index in [1.54, 1.807) is 40.4 Å². The number of hydrogen-bond acceptors (Lipinski definition) is 4. The second-order valence-corrected chi connectivity index (χ2v) is 11.2. The van der Waals surface area contributed by atoms with Gasteiger partial charge in [-0.15, -0.1) is 0 Å². The summed E-state index contributed by atoms with van der Waals surface area (Å²) in [5.74, 6) is 0. The van der Waals surface area contributed by atoms with Crippen LogP contribution in [0.25, 0.3) is 10.1 Å². The van der Waals surface area contributed by atoms with Crippen LogP contribution in [-0.4, -0.2) is 28.9 Å². The average molecular weight is 429 g/mol. The summed E-state index contributed by atoms with van der Waals surface area (Å²) >= 11 is 1.34. The maximum absolute atomic E-state index is 12.4. The lowest BCUT2D eigenvalue weighted by Gasteiger charge is -2.19. The summed E-state index contributed by atoms with van der Waals surface area (Å²) in [6.45, 7) is 0.332. The van der Waals surface area contributed by atoms with E-state index in [9.17, 15) is 33.5 Å². The Hall–Kier alpha value is -1.57. The summed E-state index contributed by atoms with van der Waals surface area (Å²) in [6, 6.07) is 13.7. The zero-order valence-electron chi connectivity index (χ0n) is 13.9. The Kier molecular flexibility index (Phi) is 5.57. The third-order valence-corrected chi connectivity index (χ3v) is 8.89. The smallest absolute Gasteiger partial charge is 0.324 e. The molecule has 1 heterocycles. The minimum Gasteiger partial charge on any atom is -0.324 e. The van der Waals surface area contributed by atoms with Gasteiger partial charge in [0.2, 0.25) is 0 Å². The Morgan fingerprint density at radius 3 is 2.00 bits per heavy atom. The first-order valence-electron chi connectivity index (χ1n) is 7.83. The van der Waals surface area contributed by atoms with Crippen LogP contribution in [-0.2, 0) is 22.1 Å². The van der Waals surface area contributed by atoms with Gasteiger partial charge in [0, 0.05) is 0 Å². The van der Waals surface area contributed by atoms with Gasteiger partial charge in [-0.2, -0.15) is 0 Å². The Balaban J connectivity index is 1.81. The third kappa shape index (κ3) is 4.65. The van der Waals surface area contributed by atoms with Gasteiger partial charge in [0.15, 0.2) is 5.40 Å². The van der Waals surface area contributed by atoms with Crippen molar-refractivity contribution in [3.8, 4) is 0 Å². The van der Waals surface area contributed by atoms with E-state index in [0.717, 1.165) is 10.3 Å². The Bertz CT molecular complexity index is 1090. The Morgan fingerprint density at radius 2 is 1.44 bits per heavy atom. The fourth-order valence-electron chi connectivity index (χ4n) is 2.71. The first-order valence-corrected chi connectivity index (χ1v) is 12.0. The summed E-state index contributed by atoms with van der Waals surface area (Å²) in [5.41, 5.74) is 1.08. The van der Waals surface area contributed by atoms with Crippen LogP contribution in [0.1, 0.15) is 11.1 Å². The predicted molar refractivity (Wildman–Crippen MR) is 103 cm³/mol. The van der Waals surface area contributed by atoms with Crippen LogP contribution in [0.2, 0.25) is 0 Å². The number of benzene rings is 2. The second kappa shape index (κ2) is 7.45. The zero-order chi connectivity index (χ0) is 19.8. The topological polar surface area (TPSA) is 137 Å². The number of rotatable bonds is 6. The molecular weight excluding hydrogens is 412 g/mol. The molecule has 0 saturated heterocycles. The van der Waals surface area contributed by atoms with Crippen molar-refractivity contribution in [2.75, 3.05) is 0 Å². The van der Waals surface area contributed by atoms with Crippen molar-refractivity contribution in [2.24, 2.45) is 0 Å². The minimum atomic E-state index is -4.96. The molecule has 0 radical (unpaired) electrons. The maximum atomic E-state index is 12.4. The van der Waals surface area contributed by atoms with Gasteiger partial charge in [0.25, 0.3) is 5.56 Å². The molecule has 4 N–H and O–H groups in total. The fraction of sp³-hybridized carbons (Fsp3) is 0.188. The molecule has 0 amide bonds. The standard InChI is InChI=1S/C16H17NO7P2S/c18-16-13-3-1-2-4-14(13)27-17(16)10-12-7-5-11(6-8-12)9-15(25(19,20)21)26(22,23)24/h1-8,15H,9-10H2,(H2,19,20,21)(H2,22,23,24). The van der Waals surface area contributed by atoms with E-state index in [-0.39, 0.29) is 5.56 Å². The van der Waals surface area contributed by atoms with Crippen molar-refractivity contribution in [3.63, 3.8) is 0 Å². The van der Waals surface area contributed by atoms with Gasteiger partial charge in [0.1, 0.15) is 0 Å². The van der Waals surface area contributed by atoms with Gasteiger partial charge in [-0.1, -0.05) is 47.9 Å². The van der Waals surface area contributed by atoms with E-state index in [1.807, 2.05) is 12.1 Å². The molecule has 3 aromatic rings. The first-order chi connectivity index (χ1) is 12.6. The van der Waals surface area contributed by atoms with Crippen LogP contribution < -0.4 is 5.56 Å². The summed E-state index contributed by atoms with van der Waals surface area (Å²) < 4.78 is 25.2. The van der Waals surface area contributed by atoms with Crippen molar-refractivity contribution in [1.29, 1.82) is 0 Å². The molecule has 8 nitrogen and oxygen atoms in total. The van der Waals surface area contributed by atoms with E-state index in [4.69, 9.17) is 0 Å². The van der Waals surface area contributed by atoms with Gasteiger partial charge in [-0.25, -0.2) is 0 Å². The molecule has 0 atom stereocenters. The van der Waals surface area contributed by atoms with E-state index in [2.05, 4.69) is 0 Å². The SMILES string of the molecule is O=c1c2ccccc2sn1Cc1ccc(CC(P(=O)(O)O)P(=O)(O)O)cc1. The highest BCUT2D eigenvalue weighted by molar-refractivity contribution is 7.70. The summed E-state index contributed by atoms with van der Waals surface area (Å²) in [4.78, 5) is 49.2. The molecular formula is C16H17NO7P2S. The highest BCUT2D eigenvalue weighted by Gasteiger charge is 2.43. The van der Waals surface area contributed by atoms with Crippen LogP contribution in [0.3, 0.4) is 0 Å². The lowest BCUT2D eigenvalue weighted by atomic mass is 10.1. The van der Waals surface area contributed by atoms with Crippen LogP contribution >= 0.6 is 26.7 Å². The van der Waals surface area contributed by atoms with Gasteiger partial charge in [-0.3, -0.25) is 17.9 Å². The van der Waals surface area contributed by atoms with Crippen LogP contribution in [0.5, 0.6) is 0 Å². The van der Waals surface area contributed by atoms with E-state index >= 15 is 0 Å². The quantitative estimate of drug-likeness (QED) is 0.442. The molecule has 0 bridgehead atoms. The molecule has 2 aromatic carbocycles. The normalized spacial score (nSPS) is 12.8. The number of aromatic nitrogens is 1. The summed E-state index contributed by atoms with van der Waals surface area (Å²) in [5, 5.41) is -1.42. The molecule has 3 rings (SSSR count). The van der Waals surface area contributed by atoms with Crippen molar-refractivity contribution in [1.82, 2.24) is 3.96 Å². The number of nitrogens with zero attached hydrogens (tertiary/aromatic N) is 1. The van der Waals surface area contributed by atoms with E-state index < -0.39 is 27.0 Å². The van der Waals surface area contributed by atoms with Crippen molar-refractivity contribution in [3.05, 3.63) is 70.0 Å². The molecule has 0 fully saturated rings. The molecule has 27 heavy (non-hydrogen) atoms. The third-order valence-electron chi connectivity index (χ3n) is 4.10. The average Bonchev–Trinajstić information content (AvgIpc) is 2.88. The summed E-state index contributed by atoms with van der Waals surface area (Å²) in [6.07, 6.45) is -0.447. The van der Waals surface area contributed by atoms with Gasteiger partial charge < -0.3 is 19.6 Å². The molecule has 0 unspecified atom stereocenters. The minimum absolute atomic E-state index is 0.0947. The lowest BCUT2D eigenvalue weighted by molar-refractivity contribution is 0.338. The molecule has 0 saturated carbocycles. The molecule has 11 heteroatoms.